The Kier molecular flexibility index (Phi) is 5.87. The van der Waals surface area contributed by atoms with E-state index >= 15 is 0 Å². The van der Waals surface area contributed by atoms with Gasteiger partial charge in [-0.3, -0.25) is 4.90 Å². The van der Waals surface area contributed by atoms with Crippen LogP contribution in [0.4, 0.5) is 0 Å². The second kappa shape index (κ2) is 7.26. The molecule has 1 aromatic rings. The van der Waals surface area contributed by atoms with Crippen molar-refractivity contribution < 1.29 is 0 Å². The molecule has 1 fully saturated rings. The summed E-state index contributed by atoms with van der Waals surface area (Å²) >= 11 is 1.99. The van der Waals surface area contributed by atoms with Crippen LogP contribution in [0.25, 0.3) is 0 Å². The SMILES string of the molecule is CCCC1CN(Cc2ccc(CC)s2)C(C(C)(C)C)CN1. The highest BCUT2D eigenvalue weighted by molar-refractivity contribution is 7.11. The lowest BCUT2D eigenvalue weighted by atomic mass is 9.83. The third kappa shape index (κ3) is 4.54. The van der Waals surface area contributed by atoms with Crippen LogP contribution in [0, 0.1) is 5.41 Å². The van der Waals surface area contributed by atoms with Crippen molar-refractivity contribution in [1.29, 1.82) is 0 Å². The van der Waals surface area contributed by atoms with Gasteiger partial charge in [0.15, 0.2) is 0 Å². The Balaban J connectivity index is 2.08. The molecule has 3 heteroatoms. The zero-order chi connectivity index (χ0) is 15.5. The van der Waals surface area contributed by atoms with E-state index in [0.29, 0.717) is 17.5 Å². The van der Waals surface area contributed by atoms with E-state index in [1.54, 1.807) is 0 Å². The van der Waals surface area contributed by atoms with E-state index in [2.05, 4.69) is 57.0 Å². The molecule has 0 amide bonds. The minimum Gasteiger partial charge on any atom is -0.311 e. The summed E-state index contributed by atoms with van der Waals surface area (Å²) in [7, 11) is 0. The van der Waals surface area contributed by atoms with Crippen LogP contribution in [-0.2, 0) is 13.0 Å². The van der Waals surface area contributed by atoms with Crippen LogP contribution in [0.2, 0.25) is 0 Å². The van der Waals surface area contributed by atoms with Crippen LogP contribution >= 0.6 is 11.3 Å². The Labute approximate surface area is 134 Å². The summed E-state index contributed by atoms with van der Waals surface area (Å²) in [5.41, 5.74) is 0.328. The summed E-state index contributed by atoms with van der Waals surface area (Å²) in [6.45, 7) is 15.1. The fraction of sp³-hybridized carbons (Fsp3) is 0.778. The van der Waals surface area contributed by atoms with E-state index in [-0.39, 0.29) is 0 Å². The summed E-state index contributed by atoms with van der Waals surface area (Å²) in [5, 5.41) is 3.77. The van der Waals surface area contributed by atoms with E-state index in [1.807, 2.05) is 11.3 Å². The molecule has 0 aromatic carbocycles. The van der Waals surface area contributed by atoms with Crippen molar-refractivity contribution in [2.45, 2.75) is 72.5 Å². The Morgan fingerprint density at radius 2 is 1.95 bits per heavy atom. The Morgan fingerprint density at radius 1 is 1.24 bits per heavy atom. The number of nitrogens with one attached hydrogen (secondary N) is 1. The zero-order valence-corrected chi connectivity index (χ0v) is 15.2. The molecule has 120 valence electrons. The van der Waals surface area contributed by atoms with E-state index in [1.165, 1.54) is 29.1 Å². The van der Waals surface area contributed by atoms with Crippen molar-refractivity contribution in [3.05, 3.63) is 21.9 Å². The maximum Gasteiger partial charge on any atom is 0.0332 e. The number of rotatable bonds is 5. The molecule has 0 spiro atoms. The highest BCUT2D eigenvalue weighted by Gasteiger charge is 2.35. The minimum absolute atomic E-state index is 0.328. The largest absolute Gasteiger partial charge is 0.311 e. The first kappa shape index (κ1) is 17.0. The Hall–Kier alpha value is -0.380. The molecule has 2 unspecified atom stereocenters. The predicted octanol–water partition coefficient (Wildman–Crippen LogP) is 4.30. The molecule has 0 aliphatic carbocycles. The van der Waals surface area contributed by atoms with Gasteiger partial charge in [0.1, 0.15) is 0 Å². The highest BCUT2D eigenvalue weighted by Crippen LogP contribution is 2.29. The van der Waals surface area contributed by atoms with Gasteiger partial charge in [0.25, 0.3) is 0 Å². The Bertz CT molecular complexity index is 433. The molecular formula is C18H32N2S. The van der Waals surface area contributed by atoms with Gasteiger partial charge in [0.05, 0.1) is 0 Å². The van der Waals surface area contributed by atoms with E-state index in [9.17, 15) is 0 Å². The molecule has 0 bridgehead atoms. The molecular weight excluding hydrogens is 276 g/mol. The monoisotopic (exact) mass is 308 g/mol. The lowest BCUT2D eigenvalue weighted by Gasteiger charge is -2.46. The first-order valence-corrected chi connectivity index (χ1v) is 9.30. The van der Waals surface area contributed by atoms with Gasteiger partial charge in [-0.15, -0.1) is 11.3 Å². The van der Waals surface area contributed by atoms with Crippen LogP contribution in [-0.4, -0.2) is 30.1 Å². The standard InChI is InChI=1S/C18H32N2S/c1-6-8-14-12-20(17(11-19-14)18(3,4)5)13-16-10-9-15(7-2)21-16/h9-10,14,17,19H,6-8,11-13H2,1-5H3. The van der Waals surface area contributed by atoms with Crippen LogP contribution in [0.5, 0.6) is 0 Å². The predicted molar refractivity (Wildman–Crippen MR) is 94.0 cm³/mol. The summed E-state index contributed by atoms with van der Waals surface area (Å²) in [4.78, 5) is 5.76. The van der Waals surface area contributed by atoms with Crippen molar-refractivity contribution in [1.82, 2.24) is 10.2 Å². The Morgan fingerprint density at radius 3 is 2.52 bits per heavy atom. The van der Waals surface area contributed by atoms with Crippen molar-refractivity contribution >= 4 is 11.3 Å². The number of piperazine rings is 1. The number of hydrogen-bond donors (Lipinski definition) is 1. The summed E-state index contributed by atoms with van der Waals surface area (Å²) in [5.74, 6) is 0. The van der Waals surface area contributed by atoms with Gasteiger partial charge in [-0.05, 0) is 30.4 Å². The average Bonchev–Trinajstić information content (AvgIpc) is 2.86. The van der Waals surface area contributed by atoms with Gasteiger partial charge in [-0.25, -0.2) is 0 Å². The smallest absolute Gasteiger partial charge is 0.0332 e. The molecule has 21 heavy (non-hydrogen) atoms. The minimum atomic E-state index is 0.328. The van der Waals surface area contributed by atoms with E-state index in [4.69, 9.17) is 0 Å². The molecule has 2 rings (SSSR count). The topological polar surface area (TPSA) is 15.3 Å². The number of hydrogen-bond acceptors (Lipinski definition) is 3. The maximum absolute atomic E-state index is 3.77. The van der Waals surface area contributed by atoms with Gasteiger partial charge in [0, 0.05) is 41.5 Å². The number of aryl methyl sites for hydroxylation is 1. The molecule has 0 radical (unpaired) electrons. The van der Waals surface area contributed by atoms with Gasteiger partial charge < -0.3 is 5.32 Å². The van der Waals surface area contributed by atoms with Crippen molar-refractivity contribution in [2.75, 3.05) is 13.1 Å². The molecule has 2 heterocycles. The first-order chi connectivity index (χ1) is 9.94. The fourth-order valence-corrected chi connectivity index (χ4v) is 4.33. The van der Waals surface area contributed by atoms with Crippen molar-refractivity contribution in [3.63, 3.8) is 0 Å². The second-order valence-corrected chi connectivity index (χ2v) is 8.68. The second-order valence-electron chi connectivity index (χ2n) is 7.43. The zero-order valence-electron chi connectivity index (χ0n) is 14.4. The highest BCUT2D eigenvalue weighted by atomic mass is 32.1. The van der Waals surface area contributed by atoms with Gasteiger partial charge >= 0.3 is 0 Å². The third-order valence-corrected chi connectivity index (χ3v) is 5.77. The average molecular weight is 309 g/mol. The molecule has 0 saturated carbocycles. The first-order valence-electron chi connectivity index (χ1n) is 8.49. The normalized spacial score (nSPS) is 24.4. The molecule has 1 aromatic heterocycles. The van der Waals surface area contributed by atoms with E-state index in [0.717, 1.165) is 19.5 Å². The maximum atomic E-state index is 3.77. The molecule has 1 saturated heterocycles. The summed E-state index contributed by atoms with van der Waals surface area (Å²) in [6.07, 6.45) is 3.72. The lowest BCUT2D eigenvalue weighted by molar-refractivity contribution is 0.0482. The summed E-state index contributed by atoms with van der Waals surface area (Å²) < 4.78 is 0. The molecule has 1 aliphatic heterocycles. The summed E-state index contributed by atoms with van der Waals surface area (Å²) in [6, 6.07) is 5.93. The van der Waals surface area contributed by atoms with Crippen LogP contribution in [0.15, 0.2) is 12.1 Å². The van der Waals surface area contributed by atoms with Crippen LogP contribution < -0.4 is 5.32 Å². The van der Waals surface area contributed by atoms with E-state index < -0.39 is 0 Å². The third-order valence-electron chi connectivity index (χ3n) is 4.56. The number of thiophene rings is 1. The van der Waals surface area contributed by atoms with Crippen LogP contribution in [0.3, 0.4) is 0 Å². The van der Waals surface area contributed by atoms with Gasteiger partial charge in [0.2, 0.25) is 0 Å². The van der Waals surface area contributed by atoms with Gasteiger partial charge in [-0.1, -0.05) is 41.0 Å². The molecule has 1 aliphatic rings. The molecule has 2 nitrogen and oxygen atoms in total. The lowest BCUT2D eigenvalue weighted by Crippen LogP contribution is -2.60. The van der Waals surface area contributed by atoms with Crippen molar-refractivity contribution in [3.8, 4) is 0 Å². The fourth-order valence-electron chi connectivity index (χ4n) is 3.35. The molecule has 2 atom stereocenters. The van der Waals surface area contributed by atoms with Crippen molar-refractivity contribution in [2.24, 2.45) is 5.41 Å². The number of nitrogens with zero attached hydrogens (tertiary/aromatic N) is 1. The molecule has 1 N–H and O–H groups in total. The van der Waals surface area contributed by atoms with Gasteiger partial charge in [-0.2, -0.15) is 0 Å². The quantitative estimate of drug-likeness (QED) is 0.872. The van der Waals surface area contributed by atoms with Crippen LogP contribution in [0.1, 0.15) is 57.2 Å².